The van der Waals surface area contributed by atoms with E-state index in [4.69, 9.17) is 11.6 Å². The zero-order valence-electron chi connectivity index (χ0n) is 16.4. The summed E-state index contributed by atoms with van der Waals surface area (Å²) in [6.07, 6.45) is 7.33. The lowest BCUT2D eigenvalue weighted by Crippen LogP contribution is -2.07. The Labute approximate surface area is 182 Å². The van der Waals surface area contributed by atoms with Gasteiger partial charge in [-0.1, -0.05) is 29.8 Å². The highest BCUT2D eigenvalue weighted by atomic mass is 35.5. The molecule has 0 saturated heterocycles. The minimum absolute atomic E-state index is 0.340. The fourth-order valence-corrected chi connectivity index (χ4v) is 4.08. The number of rotatable bonds is 4. The molecule has 0 spiro atoms. The van der Waals surface area contributed by atoms with Crippen molar-refractivity contribution in [3.63, 3.8) is 0 Å². The number of aromatic nitrogens is 5. The fraction of sp³-hybridized carbons (Fsp3) is 0.0870. The van der Waals surface area contributed by atoms with E-state index in [1.54, 1.807) is 67.0 Å². The molecule has 2 N–H and O–H groups in total. The summed E-state index contributed by atoms with van der Waals surface area (Å²) >= 11 is 6.79. The molecule has 1 aromatic carbocycles. The topological polar surface area (TPSA) is 79.6 Å². The van der Waals surface area contributed by atoms with E-state index in [9.17, 15) is 9.50 Å². The minimum atomic E-state index is -0.892. The second kappa shape index (κ2) is 7.61. The SMILES string of the molecule is Cn1nccc1C(O)c1cncc(-c2cnc3[nH]cc(-c4ccccc4F)c3c2Cl)c1. The maximum absolute atomic E-state index is 14.4. The van der Waals surface area contributed by atoms with Crippen LogP contribution < -0.4 is 0 Å². The summed E-state index contributed by atoms with van der Waals surface area (Å²) in [5.41, 5.74) is 4.20. The number of aryl methyl sites for hydroxylation is 1. The van der Waals surface area contributed by atoms with Gasteiger partial charge >= 0.3 is 0 Å². The molecule has 5 aromatic rings. The van der Waals surface area contributed by atoms with E-state index in [0.29, 0.717) is 49.6 Å². The highest BCUT2D eigenvalue weighted by Gasteiger charge is 2.19. The molecule has 0 aliphatic carbocycles. The zero-order chi connectivity index (χ0) is 21.5. The molecule has 0 aliphatic heterocycles. The van der Waals surface area contributed by atoms with Crippen LogP contribution in [-0.2, 0) is 7.05 Å². The Morgan fingerprint density at radius 3 is 2.71 bits per heavy atom. The lowest BCUT2D eigenvalue weighted by Gasteiger charge is -2.13. The fourth-order valence-electron chi connectivity index (χ4n) is 3.73. The van der Waals surface area contributed by atoms with Gasteiger partial charge in [0.1, 0.15) is 17.6 Å². The van der Waals surface area contributed by atoms with Crippen molar-refractivity contribution in [1.29, 1.82) is 0 Å². The highest BCUT2D eigenvalue weighted by molar-refractivity contribution is 6.39. The number of pyridine rings is 2. The average Bonchev–Trinajstić information content (AvgIpc) is 3.41. The van der Waals surface area contributed by atoms with Gasteiger partial charge in [0.05, 0.1) is 10.7 Å². The molecule has 0 bridgehead atoms. The quantitative estimate of drug-likeness (QED) is 0.422. The van der Waals surface area contributed by atoms with Gasteiger partial charge in [-0.2, -0.15) is 5.10 Å². The number of aromatic amines is 1. The molecule has 8 heteroatoms. The third kappa shape index (κ3) is 3.28. The molecule has 1 unspecified atom stereocenters. The normalized spacial score (nSPS) is 12.4. The number of aliphatic hydroxyl groups excluding tert-OH is 1. The molecule has 0 radical (unpaired) electrons. The number of benzene rings is 1. The van der Waals surface area contributed by atoms with Crippen LogP contribution in [0, 0.1) is 5.82 Å². The third-order valence-electron chi connectivity index (χ3n) is 5.33. The van der Waals surface area contributed by atoms with Crippen LogP contribution in [0.5, 0.6) is 0 Å². The van der Waals surface area contributed by atoms with E-state index < -0.39 is 6.10 Å². The van der Waals surface area contributed by atoms with Crippen molar-refractivity contribution < 1.29 is 9.50 Å². The van der Waals surface area contributed by atoms with E-state index in [2.05, 4.69) is 20.1 Å². The van der Waals surface area contributed by atoms with Gasteiger partial charge in [0.25, 0.3) is 0 Å². The Hall–Kier alpha value is -3.55. The van der Waals surface area contributed by atoms with Crippen LogP contribution in [0.3, 0.4) is 0 Å². The van der Waals surface area contributed by atoms with E-state index in [1.807, 2.05) is 6.07 Å². The Balaban J connectivity index is 1.63. The number of fused-ring (bicyclic) bond motifs is 1. The molecule has 0 saturated carbocycles. The van der Waals surface area contributed by atoms with E-state index in [0.717, 1.165) is 0 Å². The minimum Gasteiger partial charge on any atom is -0.382 e. The highest BCUT2D eigenvalue weighted by Crippen LogP contribution is 2.39. The molecule has 4 heterocycles. The maximum atomic E-state index is 14.4. The van der Waals surface area contributed by atoms with Gasteiger partial charge in [-0.3, -0.25) is 9.67 Å². The summed E-state index contributed by atoms with van der Waals surface area (Å²) in [6, 6.07) is 10.1. The smallest absolute Gasteiger partial charge is 0.139 e. The van der Waals surface area contributed by atoms with E-state index in [1.165, 1.54) is 6.07 Å². The number of H-pyrrole nitrogens is 1. The average molecular weight is 434 g/mol. The van der Waals surface area contributed by atoms with Crippen molar-refractivity contribution >= 4 is 22.6 Å². The number of nitrogens with one attached hydrogen (secondary N) is 1. The van der Waals surface area contributed by atoms with Gasteiger partial charge in [0, 0.05) is 71.2 Å². The number of halogens is 2. The van der Waals surface area contributed by atoms with Crippen molar-refractivity contribution in [2.75, 3.05) is 0 Å². The number of hydrogen-bond donors (Lipinski definition) is 2. The van der Waals surface area contributed by atoms with Crippen LogP contribution in [0.15, 0.2) is 67.4 Å². The molecule has 154 valence electrons. The molecule has 0 amide bonds. The van der Waals surface area contributed by atoms with E-state index in [-0.39, 0.29) is 5.82 Å². The number of hydrogen-bond acceptors (Lipinski definition) is 4. The van der Waals surface area contributed by atoms with Crippen LogP contribution in [0.1, 0.15) is 17.4 Å². The summed E-state index contributed by atoms with van der Waals surface area (Å²) in [4.78, 5) is 11.8. The van der Waals surface area contributed by atoms with Crippen LogP contribution in [0.25, 0.3) is 33.3 Å². The van der Waals surface area contributed by atoms with Gasteiger partial charge in [0.2, 0.25) is 0 Å². The van der Waals surface area contributed by atoms with Crippen LogP contribution >= 0.6 is 11.6 Å². The second-order valence-corrected chi connectivity index (χ2v) is 7.56. The van der Waals surface area contributed by atoms with Crippen molar-refractivity contribution in [1.82, 2.24) is 24.7 Å². The predicted octanol–water partition coefficient (Wildman–Crippen LogP) is 4.90. The molecular formula is C23H17ClFN5O. The summed E-state index contributed by atoms with van der Waals surface area (Å²) in [7, 11) is 1.76. The van der Waals surface area contributed by atoms with Crippen LogP contribution in [-0.4, -0.2) is 29.8 Å². The largest absolute Gasteiger partial charge is 0.382 e. The summed E-state index contributed by atoms with van der Waals surface area (Å²) in [6.45, 7) is 0. The van der Waals surface area contributed by atoms with Gasteiger partial charge in [-0.15, -0.1) is 0 Å². The zero-order valence-corrected chi connectivity index (χ0v) is 17.2. The van der Waals surface area contributed by atoms with Crippen LogP contribution in [0.2, 0.25) is 5.02 Å². The standard InChI is InChI=1S/C23H17ClFN5O/c1-30-19(6-7-29-30)22(31)14-8-13(9-26-10-14)16-11-27-23-20(21(16)24)17(12-28-23)15-4-2-3-5-18(15)25/h2-12,22,31H,1H3,(H,27,28). The van der Waals surface area contributed by atoms with Crippen molar-refractivity contribution in [2.45, 2.75) is 6.10 Å². The second-order valence-electron chi connectivity index (χ2n) is 7.18. The molecule has 4 aromatic heterocycles. The summed E-state index contributed by atoms with van der Waals surface area (Å²) in [5, 5.41) is 15.9. The maximum Gasteiger partial charge on any atom is 0.139 e. The Bertz CT molecular complexity index is 1410. The lowest BCUT2D eigenvalue weighted by atomic mass is 10.0. The molecule has 1 atom stereocenters. The number of aliphatic hydroxyl groups is 1. The molecule has 31 heavy (non-hydrogen) atoms. The summed E-state index contributed by atoms with van der Waals surface area (Å²) < 4.78 is 16.0. The van der Waals surface area contributed by atoms with Gasteiger partial charge in [-0.25, -0.2) is 9.37 Å². The molecular weight excluding hydrogens is 417 g/mol. The molecule has 0 fully saturated rings. The van der Waals surface area contributed by atoms with E-state index >= 15 is 0 Å². The Morgan fingerprint density at radius 1 is 1.10 bits per heavy atom. The first kappa shape index (κ1) is 19.4. The lowest BCUT2D eigenvalue weighted by molar-refractivity contribution is 0.209. The summed E-state index contributed by atoms with van der Waals surface area (Å²) in [5.74, 6) is -0.340. The first-order valence-corrected chi connectivity index (χ1v) is 9.94. The van der Waals surface area contributed by atoms with Crippen LogP contribution in [0.4, 0.5) is 4.39 Å². The molecule has 5 rings (SSSR count). The molecule has 0 aliphatic rings. The van der Waals surface area contributed by atoms with Crippen molar-refractivity contribution in [2.24, 2.45) is 7.05 Å². The predicted molar refractivity (Wildman–Crippen MR) is 117 cm³/mol. The van der Waals surface area contributed by atoms with Gasteiger partial charge in [0.15, 0.2) is 0 Å². The Kier molecular flexibility index (Phi) is 4.77. The van der Waals surface area contributed by atoms with Crippen molar-refractivity contribution in [3.05, 3.63) is 89.5 Å². The third-order valence-corrected chi connectivity index (χ3v) is 5.72. The van der Waals surface area contributed by atoms with Crippen molar-refractivity contribution in [3.8, 4) is 22.3 Å². The van der Waals surface area contributed by atoms with Gasteiger partial charge in [-0.05, 0) is 18.2 Å². The first-order chi connectivity index (χ1) is 15.0. The first-order valence-electron chi connectivity index (χ1n) is 9.56. The van der Waals surface area contributed by atoms with Gasteiger partial charge < -0.3 is 10.1 Å². The Morgan fingerprint density at radius 2 is 1.94 bits per heavy atom. The monoisotopic (exact) mass is 433 g/mol. The molecule has 6 nitrogen and oxygen atoms in total. The number of nitrogens with zero attached hydrogens (tertiary/aromatic N) is 4.